The first-order valence-corrected chi connectivity index (χ1v) is 9.43. The molecule has 1 aromatic heterocycles. The monoisotopic (exact) mass is 311 g/mol. The summed E-state index contributed by atoms with van der Waals surface area (Å²) in [4.78, 5) is 4.67. The van der Waals surface area contributed by atoms with E-state index in [1.165, 1.54) is 38.5 Å². The Bertz CT molecular complexity index is 408. The van der Waals surface area contributed by atoms with Gasteiger partial charge < -0.3 is 9.84 Å². The van der Waals surface area contributed by atoms with Gasteiger partial charge in [-0.1, -0.05) is 45.2 Å². The zero-order valence-electron chi connectivity index (χ0n) is 13.6. The maximum atomic E-state index is 5.59. The lowest BCUT2D eigenvalue weighted by Crippen LogP contribution is -2.35. The summed E-state index contributed by atoms with van der Waals surface area (Å²) in [6.45, 7) is 7.68. The van der Waals surface area contributed by atoms with Gasteiger partial charge in [-0.05, 0) is 31.1 Å². The first kappa shape index (κ1) is 16.8. The SMILES string of the molecule is CCCNC1CCCCCC1c1nc(CSC(C)C)no1. The number of nitrogens with zero attached hydrogens (tertiary/aromatic N) is 2. The fourth-order valence-electron chi connectivity index (χ4n) is 2.90. The fraction of sp³-hybridized carbons (Fsp3) is 0.875. The molecule has 0 saturated heterocycles. The molecule has 2 unspecified atom stereocenters. The van der Waals surface area contributed by atoms with Crippen LogP contribution in [0.1, 0.15) is 76.9 Å². The minimum absolute atomic E-state index is 0.393. The molecule has 5 heteroatoms. The lowest BCUT2D eigenvalue weighted by Gasteiger charge is -2.23. The van der Waals surface area contributed by atoms with E-state index in [1.807, 2.05) is 11.8 Å². The highest BCUT2D eigenvalue weighted by atomic mass is 32.2. The van der Waals surface area contributed by atoms with Crippen molar-refractivity contribution in [3.8, 4) is 0 Å². The van der Waals surface area contributed by atoms with Crippen LogP contribution in [0.2, 0.25) is 0 Å². The topological polar surface area (TPSA) is 51.0 Å². The first-order chi connectivity index (χ1) is 10.2. The van der Waals surface area contributed by atoms with Gasteiger partial charge in [-0.2, -0.15) is 16.7 Å². The summed E-state index contributed by atoms with van der Waals surface area (Å²) >= 11 is 1.86. The molecule has 0 aromatic carbocycles. The van der Waals surface area contributed by atoms with E-state index in [0.29, 0.717) is 17.2 Å². The summed E-state index contributed by atoms with van der Waals surface area (Å²) in [7, 11) is 0. The molecule has 0 spiro atoms. The number of rotatable bonds is 7. The zero-order valence-corrected chi connectivity index (χ0v) is 14.4. The van der Waals surface area contributed by atoms with Crippen molar-refractivity contribution in [3.63, 3.8) is 0 Å². The molecule has 2 atom stereocenters. The molecule has 1 aliphatic rings. The maximum absolute atomic E-state index is 5.59. The normalized spacial score (nSPS) is 23.4. The third-order valence-electron chi connectivity index (χ3n) is 4.02. The quantitative estimate of drug-likeness (QED) is 0.767. The highest BCUT2D eigenvalue weighted by Gasteiger charge is 2.29. The van der Waals surface area contributed by atoms with Crippen LogP contribution in [0, 0.1) is 0 Å². The van der Waals surface area contributed by atoms with Crippen LogP contribution in [0.25, 0.3) is 0 Å². The van der Waals surface area contributed by atoms with Gasteiger partial charge in [0.1, 0.15) is 0 Å². The molecule has 1 N–H and O–H groups in total. The van der Waals surface area contributed by atoms with E-state index >= 15 is 0 Å². The Morgan fingerprint density at radius 2 is 2.10 bits per heavy atom. The molecule has 0 amide bonds. The van der Waals surface area contributed by atoms with Gasteiger partial charge in [0.25, 0.3) is 0 Å². The molecule has 21 heavy (non-hydrogen) atoms. The molecule has 1 saturated carbocycles. The van der Waals surface area contributed by atoms with Crippen molar-refractivity contribution < 1.29 is 4.52 Å². The number of aromatic nitrogens is 2. The van der Waals surface area contributed by atoms with Crippen molar-refractivity contribution in [3.05, 3.63) is 11.7 Å². The Kier molecular flexibility index (Phi) is 7.04. The summed E-state index contributed by atoms with van der Waals surface area (Å²) in [5.74, 6) is 2.94. The van der Waals surface area contributed by atoms with Crippen LogP contribution < -0.4 is 5.32 Å². The molecular weight excluding hydrogens is 282 g/mol. The van der Waals surface area contributed by atoms with E-state index in [9.17, 15) is 0 Å². The summed E-state index contributed by atoms with van der Waals surface area (Å²) in [6.07, 6.45) is 7.47. The van der Waals surface area contributed by atoms with Crippen LogP contribution >= 0.6 is 11.8 Å². The minimum Gasteiger partial charge on any atom is -0.339 e. The van der Waals surface area contributed by atoms with Crippen molar-refractivity contribution in [2.75, 3.05) is 6.54 Å². The van der Waals surface area contributed by atoms with E-state index < -0.39 is 0 Å². The largest absolute Gasteiger partial charge is 0.339 e. The highest BCUT2D eigenvalue weighted by molar-refractivity contribution is 7.99. The van der Waals surface area contributed by atoms with Gasteiger partial charge in [0, 0.05) is 6.04 Å². The van der Waals surface area contributed by atoms with Crippen molar-refractivity contribution in [1.82, 2.24) is 15.5 Å². The lowest BCUT2D eigenvalue weighted by molar-refractivity contribution is 0.303. The van der Waals surface area contributed by atoms with Gasteiger partial charge in [-0.3, -0.25) is 0 Å². The molecule has 0 aliphatic heterocycles. The van der Waals surface area contributed by atoms with Crippen molar-refractivity contribution in [2.45, 2.75) is 82.3 Å². The van der Waals surface area contributed by atoms with Crippen molar-refractivity contribution in [1.29, 1.82) is 0 Å². The standard InChI is InChI=1S/C16H29N3OS/c1-4-10-17-14-9-7-5-6-8-13(14)16-18-15(19-20-16)11-21-12(2)3/h12-14,17H,4-11H2,1-3H3. The van der Waals surface area contributed by atoms with Gasteiger partial charge in [0.15, 0.2) is 5.82 Å². The molecule has 1 aromatic rings. The second-order valence-electron chi connectivity index (χ2n) is 6.21. The third-order valence-corrected chi connectivity index (χ3v) is 5.11. The molecule has 120 valence electrons. The Balaban J connectivity index is 2.01. The van der Waals surface area contributed by atoms with Crippen LogP contribution in [0.15, 0.2) is 4.52 Å². The predicted octanol–water partition coefficient (Wildman–Crippen LogP) is 4.13. The van der Waals surface area contributed by atoms with Gasteiger partial charge in [-0.25, -0.2) is 0 Å². The summed E-state index contributed by atoms with van der Waals surface area (Å²) in [5.41, 5.74) is 0. The number of hydrogen-bond donors (Lipinski definition) is 1. The van der Waals surface area contributed by atoms with Gasteiger partial charge in [0.05, 0.1) is 11.7 Å². The van der Waals surface area contributed by atoms with E-state index in [0.717, 1.165) is 24.0 Å². The Hall–Kier alpha value is -0.550. The fourth-order valence-corrected chi connectivity index (χ4v) is 3.49. The zero-order chi connectivity index (χ0) is 15.1. The van der Waals surface area contributed by atoms with Crippen LogP contribution in [-0.2, 0) is 5.75 Å². The average Bonchev–Trinajstić information content (AvgIpc) is 2.81. The van der Waals surface area contributed by atoms with Crippen molar-refractivity contribution in [2.24, 2.45) is 0 Å². The van der Waals surface area contributed by atoms with Crippen LogP contribution in [-0.4, -0.2) is 28.0 Å². The molecule has 1 aliphatic carbocycles. The van der Waals surface area contributed by atoms with E-state index in [2.05, 4.69) is 36.2 Å². The maximum Gasteiger partial charge on any atom is 0.231 e. The Labute approximate surface area is 132 Å². The highest BCUT2D eigenvalue weighted by Crippen LogP contribution is 2.31. The molecule has 4 nitrogen and oxygen atoms in total. The number of nitrogens with one attached hydrogen (secondary N) is 1. The Morgan fingerprint density at radius 3 is 2.86 bits per heavy atom. The van der Waals surface area contributed by atoms with Gasteiger partial charge >= 0.3 is 0 Å². The number of thioether (sulfide) groups is 1. The number of hydrogen-bond acceptors (Lipinski definition) is 5. The molecular formula is C16H29N3OS. The lowest BCUT2D eigenvalue weighted by atomic mass is 9.94. The predicted molar refractivity (Wildman–Crippen MR) is 88.6 cm³/mol. The summed E-state index contributed by atoms with van der Waals surface area (Å²) in [5, 5.41) is 8.46. The summed E-state index contributed by atoms with van der Waals surface area (Å²) in [6, 6.07) is 0.499. The second kappa shape index (κ2) is 8.79. The smallest absolute Gasteiger partial charge is 0.231 e. The average molecular weight is 311 g/mol. The van der Waals surface area contributed by atoms with Crippen molar-refractivity contribution >= 4 is 11.8 Å². The molecule has 2 rings (SSSR count). The van der Waals surface area contributed by atoms with Gasteiger partial charge in [0.2, 0.25) is 5.89 Å². The molecule has 0 radical (unpaired) electrons. The third kappa shape index (κ3) is 5.29. The Morgan fingerprint density at radius 1 is 1.29 bits per heavy atom. The van der Waals surface area contributed by atoms with Gasteiger partial charge in [-0.15, -0.1) is 0 Å². The van der Waals surface area contributed by atoms with Crippen LogP contribution in [0.3, 0.4) is 0 Å². The summed E-state index contributed by atoms with van der Waals surface area (Å²) < 4.78 is 5.59. The van der Waals surface area contributed by atoms with Crippen LogP contribution in [0.5, 0.6) is 0 Å². The molecule has 0 bridgehead atoms. The molecule has 1 fully saturated rings. The molecule has 1 heterocycles. The van der Waals surface area contributed by atoms with Crippen LogP contribution in [0.4, 0.5) is 0 Å². The first-order valence-electron chi connectivity index (χ1n) is 8.38. The van der Waals surface area contributed by atoms with E-state index in [-0.39, 0.29) is 0 Å². The minimum atomic E-state index is 0.393. The van der Waals surface area contributed by atoms with E-state index in [4.69, 9.17) is 4.52 Å². The second-order valence-corrected chi connectivity index (χ2v) is 7.78. The van der Waals surface area contributed by atoms with E-state index in [1.54, 1.807) is 0 Å².